The molecule has 2 heterocycles. The molecule has 0 spiro atoms. The summed E-state index contributed by atoms with van der Waals surface area (Å²) >= 11 is 0. The lowest BCUT2D eigenvalue weighted by atomic mass is 9.87. The first-order valence-electron chi connectivity index (χ1n) is 8.50. The van der Waals surface area contributed by atoms with E-state index in [-0.39, 0.29) is 23.8 Å². The molecule has 1 aromatic carbocycles. The molecule has 5 nitrogen and oxygen atoms in total. The minimum Gasteiger partial charge on any atom is -0.497 e. The number of benzene rings is 1. The Morgan fingerprint density at radius 1 is 1.22 bits per heavy atom. The summed E-state index contributed by atoms with van der Waals surface area (Å²) in [6.07, 6.45) is 2.31. The van der Waals surface area contributed by atoms with Crippen LogP contribution in [0.25, 0.3) is 0 Å². The van der Waals surface area contributed by atoms with Crippen molar-refractivity contribution >= 4 is 5.78 Å². The number of nitrogens with one attached hydrogen (secondary N) is 1. The third-order valence-corrected chi connectivity index (χ3v) is 5.16. The maximum absolute atomic E-state index is 12.6. The second kappa shape index (κ2) is 7.43. The summed E-state index contributed by atoms with van der Waals surface area (Å²) in [5, 5.41) is 13.5. The lowest BCUT2D eigenvalue weighted by molar-refractivity contribution is 0.0125. The number of piperidine rings is 2. The average Bonchev–Trinajstić information content (AvgIpc) is 2.62. The van der Waals surface area contributed by atoms with Crippen LogP contribution in [0.4, 0.5) is 0 Å². The minimum absolute atomic E-state index is 0.0911. The van der Waals surface area contributed by atoms with E-state index in [0.717, 1.165) is 56.8 Å². The summed E-state index contributed by atoms with van der Waals surface area (Å²) in [5.74, 6) is 1.10. The number of nitrogens with zero attached hydrogens (tertiary/aromatic N) is 1. The molecule has 2 atom stereocenters. The molecule has 0 bridgehead atoms. The first-order valence-corrected chi connectivity index (χ1v) is 8.50. The normalized spacial score (nSPS) is 26.9. The van der Waals surface area contributed by atoms with E-state index in [0.29, 0.717) is 0 Å². The molecule has 3 rings (SSSR count). The fourth-order valence-electron chi connectivity index (χ4n) is 3.69. The highest BCUT2D eigenvalue weighted by molar-refractivity contribution is 5.98. The second-order valence-electron chi connectivity index (χ2n) is 6.53. The van der Waals surface area contributed by atoms with Crippen LogP contribution in [0, 0.1) is 5.92 Å². The Labute approximate surface area is 137 Å². The van der Waals surface area contributed by atoms with Crippen LogP contribution >= 0.6 is 0 Å². The van der Waals surface area contributed by atoms with Gasteiger partial charge >= 0.3 is 0 Å². The second-order valence-corrected chi connectivity index (χ2v) is 6.53. The van der Waals surface area contributed by atoms with Crippen LogP contribution in [-0.4, -0.2) is 61.2 Å². The van der Waals surface area contributed by atoms with E-state index in [1.54, 1.807) is 7.11 Å². The predicted octanol–water partition coefficient (Wildman–Crippen LogP) is 1.31. The molecule has 2 aliphatic heterocycles. The van der Waals surface area contributed by atoms with Crippen molar-refractivity contribution in [1.82, 2.24) is 10.2 Å². The van der Waals surface area contributed by atoms with Gasteiger partial charge in [0.1, 0.15) is 5.75 Å². The molecule has 2 fully saturated rings. The van der Waals surface area contributed by atoms with Crippen molar-refractivity contribution < 1.29 is 14.6 Å². The smallest absolute Gasteiger partial charge is 0.166 e. The van der Waals surface area contributed by atoms with E-state index in [1.807, 2.05) is 24.3 Å². The van der Waals surface area contributed by atoms with Gasteiger partial charge in [0.25, 0.3) is 0 Å². The Morgan fingerprint density at radius 3 is 2.52 bits per heavy atom. The Morgan fingerprint density at radius 2 is 1.91 bits per heavy atom. The molecule has 0 aromatic heterocycles. The van der Waals surface area contributed by atoms with Crippen LogP contribution in [0.5, 0.6) is 5.75 Å². The number of carbonyl (C=O) groups excluding carboxylic acids is 1. The van der Waals surface area contributed by atoms with Gasteiger partial charge in [0.15, 0.2) is 5.78 Å². The highest BCUT2D eigenvalue weighted by atomic mass is 16.5. The zero-order chi connectivity index (χ0) is 16.2. The Bertz CT molecular complexity index is 524. The minimum atomic E-state index is -0.245. The molecule has 0 amide bonds. The molecule has 2 saturated heterocycles. The monoisotopic (exact) mass is 318 g/mol. The van der Waals surface area contributed by atoms with Crippen LogP contribution in [0.1, 0.15) is 29.6 Å². The van der Waals surface area contributed by atoms with Gasteiger partial charge in [0.05, 0.1) is 13.2 Å². The topological polar surface area (TPSA) is 61.8 Å². The van der Waals surface area contributed by atoms with Crippen LogP contribution in [0.3, 0.4) is 0 Å². The van der Waals surface area contributed by atoms with E-state index in [2.05, 4.69) is 10.2 Å². The van der Waals surface area contributed by atoms with Gasteiger partial charge in [-0.2, -0.15) is 0 Å². The van der Waals surface area contributed by atoms with Gasteiger partial charge in [0, 0.05) is 24.1 Å². The number of carbonyl (C=O) groups is 1. The SMILES string of the molecule is COc1ccc(C(=O)C2CCN(C3CNCCC3O)CC2)cc1. The zero-order valence-electron chi connectivity index (χ0n) is 13.7. The van der Waals surface area contributed by atoms with Crippen LogP contribution in [0.2, 0.25) is 0 Å². The van der Waals surface area contributed by atoms with E-state index in [4.69, 9.17) is 4.74 Å². The van der Waals surface area contributed by atoms with Gasteiger partial charge in [-0.3, -0.25) is 9.69 Å². The lowest BCUT2D eigenvalue weighted by Gasteiger charge is -2.41. The van der Waals surface area contributed by atoms with Gasteiger partial charge < -0.3 is 15.2 Å². The van der Waals surface area contributed by atoms with Crippen molar-refractivity contribution in [2.24, 2.45) is 5.92 Å². The Balaban J connectivity index is 1.56. The first kappa shape index (κ1) is 16.4. The van der Waals surface area contributed by atoms with Gasteiger partial charge in [-0.1, -0.05) is 0 Å². The summed E-state index contributed by atoms with van der Waals surface area (Å²) in [6, 6.07) is 7.57. The van der Waals surface area contributed by atoms with Crippen molar-refractivity contribution in [3.8, 4) is 5.75 Å². The maximum atomic E-state index is 12.6. The number of hydrogen-bond donors (Lipinski definition) is 2. The number of methoxy groups -OCH3 is 1. The predicted molar refractivity (Wildman–Crippen MR) is 88.9 cm³/mol. The van der Waals surface area contributed by atoms with Crippen molar-refractivity contribution in [2.75, 3.05) is 33.3 Å². The van der Waals surface area contributed by atoms with Crippen LogP contribution < -0.4 is 10.1 Å². The number of rotatable bonds is 4. The highest BCUT2D eigenvalue weighted by Crippen LogP contribution is 2.25. The number of ketones is 1. The Kier molecular flexibility index (Phi) is 5.30. The molecule has 2 aliphatic rings. The highest BCUT2D eigenvalue weighted by Gasteiger charge is 2.33. The fraction of sp³-hybridized carbons (Fsp3) is 0.611. The lowest BCUT2D eigenvalue weighted by Crippen LogP contribution is -2.56. The van der Waals surface area contributed by atoms with Crippen molar-refractivity contribution in [3.63, 3.8) is 0 Å². The van der Waals surface area contributed by atoms with Crippen molar-refractivity contribution in [3.05, 3.63) is 29.8 Å². The van der Waals surface area contributed by atoms with E-state index < -0.39 is 0 Å². The standard InChI is InChI=1S/C18H26N2O3/c1-23-15-4-2-13(3-5-15)18(22)14-7-10-20(11-8-14)16-12-19-9-6-17(16)21/h2-5,14,16-17,19,21H,6-12H2,1H3. The van der Waals surface area contributed by atoms with Gasteiger partial charge in [-0.25, -0.2) is 0 Å². The van der Waals surface area contributed by atoms with E-state index in [1.165, 1.54) is 0 Å². The van der Waals surface area contributed by atoms with Crippen LogP contribution in [-0.2, 0) is 0 Å². The Hall–Kier alpha value is -1.43. The quantitative estimate of drug-likeness (QED) is 0.820. The number of aliphatic hydroxyl groups excluding tert-OH is 1. The molecule has 2 unspecified atom stereocenters. The zero-order valence-corrected chi connectivity index (χ0v) is 13.7. The molecular weight excluding hydrogens is 292 g/mol. The van der Waals surface area contributed by atoms with E-state index >= 15 is 0 Å². The van der Waals surface area contributed by atoms with Gasteiger partial charge in [-0.15, -0.1) is 0 Å². The molecule has 2 N–H and O–H groups in total. The molecule has 23 heavy (non-hydrogen) atoms. The number of hydrogen-bond acceptors (Lipinski definition) is 5. The largest absolute Gasteiger partial charge is 0.497 e. The van der Waals surface area contributed by atoms with Gasteiger partial charge in [0.2, 0.25) is 0 Å². The molecule has 126 valence electrons. The number of likely N-dealkylation sites (tertiary alicyclic amines) is 1. The number of ether oxygens (including phenoxy) is 1. The maximum Gasteiger partial charge on any atom is 0.166 e. The van der Waals surface area contributed by atoms with Crippen LogP contribution in [0.15, 0.2) is 24.3 Å². The molecular formula is C18H26N2O3. The third-order valence-electron chi connectivity index (χ3n) is 5.16. The number of aliphatic hydroxyl groups is 1. The molecule has 0 saturated carbocycles. The molecule has 5 heteroatoms. The molecule has 1 aromatic rings. The summed E-state index contributed by atoms with van der Waals surface area (Å²) in [7, 11) is 1.63. The summed E-state index contributed by atoms with van der Waals surface area (Å²) < 4.78 is 5.14. The van der Waals surface area contributed by atoms with Crippen molar-refractivity contribution in [2.45, 2.75) is 31.4 Å². The van der Waals surface area contributed by atoms with E-state index in [9.17, 15) is 9.90 Å². The summed E-state index contributed by atoms with van der Waals surface area (Å²) in [4.78, 5) is 15.0. The van der Waals surface area contributed by atoms with Crippen molar-refractivity contribution in [1.29, 1.82) is 0 Å². The third kappa shape index (κ3) is 3.74. The summed E-state index contributed by atoms with van der Waals surface area (Å²) in [6.45, 7) is 3.51. The fourth-order valence-corrected chi connectivity index (χ4v) is 3.69. The number of Topliss-reactive ketones (excluding diaryl/α,β-unsaturated/α-hetero) is 1. The summed E-state index contributed by atoms with van der Waals surface area (Å²) in [5.41, 5.74) is 0.767. The average molecular weight is 318 g/mol. The van der Waals surface area contributed by atoms with Gasteiger partial charge in [-0.05, 0) is 63.2 Å². The molecule has 0 radical (unpaired) electrons. The first-order chi connectivity index (χ1) is 11.2. The molecule has 0 aliphatic carbocycles.